The molecular formula is C19H25N5O. The molecule has 1 amide bonds. The first-order valence-corrected chi connectivity index (χ1v) is 9.14. The molecule has 0 radical (unpaired) electrons. The molecule has 2 saturated heterocycles. The third kappa shape index (κ3) is 3.31. The van der Waals surface area contributed by atoms with Crippen LogP contribution >= 0.6 is 0 Å². The molecule has 1 aromatic heterocycles. The van der Waals surface area contributed by atoms with Gasteiger partial charge in [0, 0.05) is 32.7 Å². The van der Waals surface area contributed by atoms with E-state index in [-0.39, 0.29) is 5.91 Å². The molecule has 6 nitrogen and oxygen atoms in total. The molecule has 0 spiro atoms. The van der Waals surface area contributed by atoms with Gasteiger partial charge in [0.25, 0.3) is 5.91 Å². The Morgan fingerprint density at radius 1 is 1.20 bits per heavy atom. The van der Waals surface area contributed by atoms with Crippen LogP contribution in [0.4, 0.5) is 0 Å². The molecule has 2 aliphatic heterocycles. The van der Waals surface area contributed by atoms with Gasteiger partial charge in [0.1, 0.15) is 5.69 Å². The summed E-state index contributed by atoms with van der Waals surface area (Å²) in [6, 6.07) is 11.3. The second-order valence-corrected chi connectivity index (χ2v) is 7.21. The molecule has 0 saturated carbocycles. The highest BCUT2D eigenvalue weighted by atomic mass is 16.2. The quantitative estimate of drug-likeness (QED) is 0.858. The van der Waals surface area contributed by atoms with Gasteiger partial charge in [0.05, 0.1) is 6.20 Å². The molecule has 0 N–H and O–H groups in total. The molecule has 2 atom stereocenters. The fourth-order valence-corrected chi connectivity index (χ4v) is 4.35. The van der Waals surface area contributed by atoms with Gasteiger partial charge in [0.15, 0.2) is 0 Å². The number of fused-ring (bicyclic) bond motifs is 1. The molecule has 0 unspecified atom stereocenters. The summed E-state index contributed by atoms with van der Waals surface area (Å²) in [5.74, 6) is 0.627. The average Bonchev–Trinajstić information content (AvgIpc) is 3.08. The third-order valence-corrected chi connectivity index (χ3v) is 5.63. The lowest BCUT2D eigenvalue weighted by atomic mass is 9.83. The van der Waals surface area contributed by atoms with Gasteiger partial charge in [0.2, 0.25) is 0 Å². The van der Waals surface area contributed by atoms with Crippen molar-refractivity contribution in [3.05, 3.63) is 47.8 Å². The van der Waals surface area contributed by atoms with Crippen LogP contribution in [0.2, 0.25) is 0 Å². The lowest BCUT2D eigenvalue weighted by Crippen LogP contribution is -2.54. The average molecular weight is 339 g/mol. The van der Waals surface area contributed by atoms with Crippen molar-refractivity contribution in [3.63, 3.8) is 0 Å². The van der Waals surface area contributed by atoms with Crippen molar-refractivity contribution in [1.82, 2.24) is 24.8 Å². The van der Waals surface area contributed by atoms with Gasteiger partial charge in [-0.3, -0.25) is 9.69 Å². The van der Waals surface area contributed by atoms with Gasteiger partial charge in [-0.15, -0.1) is 5.10 Å². The number of aryl methyl sites for hydroxylation is 1. The Morgan fingerprint density at radius 2 is 2.04 bits per heavy atom. The number of piperidine rings is 2. The summed E-state index contributed by atoms with van der Waals surface area (Å²) < 4.78 is 1.57. The molecule has 6 heteroatoms. The minimum absolute atomic E-state index is 0.0612. The summed E-state index contributed by atoms with van der Waals surface area (Å²) in [6.45, 7) is 3.84. The lowest BCUT2D eigenvalue weighted by molar-refractivity contribution is 0.0170. The minimum atomic E-state index is 0.0612. The summed E-state index contributed by atoms with van der Waals surface area (Å²) in [6.07, 6.45) is 5.04. The van der Waals surface area contributed by atoms with Gasteiger partial charge in [-0.25, -0.2) is 4.68 Å². The van der Waals surface area contributed by atoms with E-state index in [1.165, 1.54) is 18.4 Å². The van der Waals surface area contributed by atoms with E-state index in [1.807, 2.05) is 4.90 Å². The highest BCUT2D eigenvalue weighted by molar-refractivity contribution is 5.92. The second kappa shape index (κ2) is 6.96. The van der Waals surface area contributed by atoms with Crippen LogP contribution < -0.4 is 0 Å². The molecule has 25 heavy (non-hydrogen) atoms. The first-order chi connectivity index (χ1) is 12.2. The number of likely N-dealkylation sites (tertiary alicyclic amines) is 2. The SMILES string of the molecule is Cn1nncc1C(=O)N1CC[C@@H]2[C@@H](CCCN2Cc2ccccc2)C1. The number of rotatable bonds is 3. The van der Waals surface area contributed by atoms with Crippen molar-refractivity contribution < 1.29 is 4.79 Å². The predicted octanol–water partition coefficient (Wildman–Crippen LogP) is 1.94. The second-order valence-electron chi connectivity index (χ2n) is 7.21. The lowest BCUT2D eigenvalue weighted by Gasteiger charge is -2.47. The highest BCUT2D eigenvalue weighted by Crippen LogP contribution is 2.32. The number of carbonyl (C=O) groups excluding carboxylic acids is 1. The Labute approximate surface area is 148 Å². The molecule has 0 aliphatic carbocycles. The van der Waals surface area contributed by atoms with E-state index in [2.05, 4.69) is 45.5 Å². The maximum absolute atomic E-state index is 12.7. The van der Waals surface area contributed by atoms with Crippen molar-refractivity contribution in [2.24, 2.45) is 13.0 Å². The Hall–Kier alpha value is -2.21. The molecule has 2 aliphatic rings. The first-order valence-electron chi connectivity index (χ1n) is 9.14. The van der Waals surface area contributed by atoms with E-state index in [0.29, 0.717) is 17.7 Å². The van der Waals surface area contributed by atoms with E-state index < -0.39 is 0 Å². The van der Waals surface area contributed by atoms with Gasteiger partial charge in [-0.05, 0) is 37.3 Å². The van der Waals surface area contributed by atoms with E-state index in [4.69, 9.17) is 0 Å². The summed E-state index contributed by atoms with van der Waals surface area (Å²) in [5.41, 5.74) is 1.96. The number of nitrogens with zero attached hydrogens (tertiary/aromatic N) is 5. The fraction of sp³-hybridized carbons (Fsp3) is 0.526. The Morgan fingerprint density at radius 3 is 2.80 bits per heavy atom. The fourth-order valence-electron chi connectivity index (χ4n) is 4.35. The van der Waals surface area contributed by atoms with Gasteiger partial charge >= 0.3 is 0 Å². The summed E-state index contributed by atoms with van der Waals surface area (Å²) in [4.78, 5) is 17.4. The van der Waals surface area contributed by atoms with Crippen LogP contribution in [0.1, 0.15) is 35.3 Å². The molecular weight excluding hydrogens is 314 g/mol. The van der Waals surface area contributed by atoms with Gasteiger partial charge in [-0.1, -0.05) is 35.5 Å². The molecule has 3 heterocycles. The highest BCUT2D eigenvalue weighted by Gasteiger charge is 2.37. The minimum Gasteiger partial charge on any atom is -0.337 e. The number of benzene rings is 1. The molecule has 132 valence electrons. The Bertz CT molecular complexity index is 728. The van der Waals surface area contributed by atoms with Crippen molar-refractivity contribution >= 4 is 5.91 Å². The standard InChI is InChI=1S/C19H25N5O/c1-22-18(12-20-21-22)19(25)24-11-9-17-16(14-24)8-5-10-23(17)13-15-6-3-2-4-7-15/h2-4,6-7,12,16-17H,5,8-11,13-14H2,1H3/t16-,17+/m0/s1. The summed E-state index contributed by atoms with van der Waals surface area (Å²) in [7, 11) is 1.77. The maximum atomic E-state index is 12.7. The number of amides is 1. The van der Waals surface area contributed by atoms with Crippen molar-refractivity contribution in [2.75, 3.05) is 19.6 Å². The van der Waals surface area contributed by atoms with Crippen LogP contribution in [0.5, 0.6) is 0 Å². The Balaban J connectivity index is 1.43. The van der Waals surface area contributed by atoms with E-state index in [9.17, 15) is 4.79 Å². The predicted molar refractivity (Wildman–Crippen MR) is 94.9 cm³/mol. The van der Waals surface area contributed by atoms with E-state index in [0.717, 1.165) is 32.6 Å². The smallest absolute Gasteiger partial charge is 0.273 e. The zero-order valence-corrected chi connectivity index (χ0v) is 14.7. The van der Waals surface area contributed by atoms with Crippen molar-refractivity contribution in [3.8, 4) is 0 Å². The van der Waals surface area contributed by atoms with Crippen LogP contribution in [0.3, 0.4) is 0 Å². The normalized spacial score (nSPS) is 24.1. The third-order valence-electron chi connectivity index (χ3n) is 5.63. The zero-order valence-electron chi connectivity index (χ0n) is 14.7. The van der Waals surface area contributed by atoms with Crippen LogP contribution in [-0.4, -0.2) is 56.4 Å². The largest absolute Gasteiger partial charge is 0.337 e. The first kappa shape index (κ1) is 16.3. The van der Waals surface area contributed by atoms with Crippen molar-refractivity contribution in [1.29, 1.82) is 0 Å². The summed E-state index contributed by atoms with van der Waals surface area (Å²) >= 11 is 0. The molecule has 2 aromatic rings. The number of carbonyl (C=O) groups is 1. The monoisotopic (exact) mass is 339 g/mol. The topological polar surface area (TPSA) is 54.3 Å². The van der Waals surface area contributed by atoms with Crippen LogP contribution in [0, 0.1) is 5.92 Å². The molecule has 1 aromatic carbocycles. The Kier molecular flexibility index (Phi) is 4.53. The summed E-state index contributed by atoms with van der Waals surface area (Å²) in [5, 5.41) is 7.72. The number of aromatic nitrogens is 3. The maximum Gasteiger partial charge on any atom is 0.273 e. The van der Waals surface area contributed by atoms with Gasteiger partial charge < -0.3 is 4.90 Å². The van der Waals surface area contributed by atoms with Crippen LogP contribution in [0.15, 0.2) is 36.5 Å². The van der Waals surface area contributed by atoms with Crippen LogP contribution in [0.25, 0.3) is 0 Å². The van der Waals surface area contributed by atoms with E-state index >= 15 is 0 Å². The molecule has 0 bridgehead atoms. The van der Waals surface area contributed by atoms with Crippen molar-refractivity contribution in [2.45, 2.75) is 31.8 Å². The number of hydrogen-bond acceptors (Lipinski definition) is 4. The number of hydrogen-bond donors (Lipinski definition) is 0. The van der Waals surface area contributed by atoms with Gasteiger partial charge in [-0.2, -0.15) is 0 Å². The van der Waals surface area contributed by atoms with Crippen LogP contribution in [-0.2, 0) is 13.6 Å². The van der Waals surface area contributed by atoms with E-state index in [1.54, 1.807) is 17.9 Å². The molecule has 2 fully saturated rings. The molecule has 4 rings (SSSR count). The zero-order chi connectivity index (χ0) is 17.2.